The Bertz CT molecular complexity index is 618. The van der Waals surface area contributed by atoms with Crippen LogP contribution >= 0.6 is 0 Å². The van der Waals surface area contributed by atoms with Gasteiger partial charge in [0.05, 0.1) is 12.5 Å². The van der Waals surface area contributed by atoms with Crippen molar-refractivity contribution >= 4 is 11.9 Å². The highest BCUT2D eigenvalue weighted by Gasteiger charge is 2.29. The minimum absolute atomic E-state index is 0.0812. The Kier molecular flexibility index (Phi) is 6.67. The first-order valence-electron chi connectivity index (χ1n) is 8.88. The van der Waals surface area contributed by atoms with Gasteiger partial charge in [-0.15, -0.1) is 0 Å². The van der Waals surface area contributed by atoms with Crippen molar-refractivity contribution in [3.63, 3.8) is 0 Å². The van der Waals surface area contributed by atoms with E-state index in [1.807, 2.05) is 33.0 Å². The zero-order valence-electron chi connectivity index (χ0n) is 15.5. The number of likely N-dealkylation sites (tertiary alicyclic amines) is 1. The average molecular weight is 347 g/mol. The maximum absolute atomic E-state index is 12.5. The summed E-state index contributed by atoms with van der Waals surface area (Å²) in [5, 5.41) is 0. The molecule has 0 bridgehead atoms. The van der Waals surface area contributed by atoms with E-state index in [2.05, 4.69) is 6.07 Å². The third-order valence-electron chi connectivity index (χ3n) is 4.70. The summed E-state index contributed by atoms with van der Waals surface area (Å²) in [6.07, 6.45) is 2.40. The molecule has 3 amide bonds. The topological polar surface area (TPSA) is 75.9 Å². The van der Waals surface area contributed by atoms with E-state index in [1.54, 1.807) is 9.80 Å². The van der Waals surface area contributed by atoms with Gasteiger partial charge in [-0.2, -0.15) is 0 Å². The second-order valence-corrected chi connectivity index (χ2v) is 6.85. The normalized spacial score (nSPS) is 17.2. The predicted octanol–water partition coefficient (Wildman–Crippen LogP) is 2.32. The van der Waals surface area contributed by atoms with Gasteiger partial charge in [-0.1, -0.05) is 12.1 Å². The quantitative estimate of drug-likeness (QED) is 0.803. The number of aryl methyl sites for hydroxylation is 2. The fourth-order valence-electron chi connectivity index (χ4n) is 3.15. The number of amides is 3. The molecule has 1 fully saturated rings. The number of carbonyl (C=O) groups excluding carboxylic acids is 2. The molecule has 2 N–H and O–H groups in total. The third-order valence-corrected chi connectivity index (χ3v) is 4.70. The van der Waals surface area contributed by atoms with Crippen molar-refractivity contribution < 1.29 is 14.3 Å². The van der Waals surface area contributed by atoms with Crippen LogP contribution in [0.5, 0.6) is 5.75 Å². The molecule has 6 heteroatoms. The number of nitrogens with two attached hydrogens (primary N) is 1. The Morgan fingerprint density at radius 3 is 2.84 bits per heavy atom. The Labute approximate surface area is 149 Å². The van der Waals surface area contributed by atoms with Crippen molar-refractivity contribution in [1.82, 2.24) is 9.80 Å². The Morgan fingerprint density at radius 1 is 1.36 bits per heavy atom. The van der Waals surface area contributed by atoms with E-state index in [1.165, 1.54) is 5.56 Å². The summed E-state index contributed by atoms with van der Waals surface area (Å²) in [6, 6.07) is 5.70. The summed E-state index contributed by atoms with van der Waals surface area (Å²) in [4.78, 5) is 27.1. The number of benzene rings is 1. The van der Waals surface area contributed by atoms with E-state index in [0.29, 0.717) is 26.2 Å². The highest BCUT2D eigenvalue weighted by atomic mass is 16.5. The maximum Gasteiger partial charge on any atom is 0.314 e. The van der Waals surface area contributed by atoms with Crippen molar-refractivity contribution in [3.8, 4) is 5.75 Å². The lowest BCUT2D eigenvalue weighted by Crippen LogP contribution is -2.47. The smallest absolute Gasteiger partial charge is 0.314 e. The summed E-state index contributed by atoms with van der Waals surface area (Å²) in [5.74, 6) is 0.835. The lowest BCUT2D eigenvalue weighted by molar-refractivity contribution is -0.135. The molecule has 0 spiro atoms. The molecule has 6 nitrogen and oxygen atoms in total. The van der Waals surface area contributed by atoms with Crippen LogP contribution in [0.2, 0.25) is 0 Å². The SMILES string of the molecule is Cc1ccc(C)c(OCCCN(C)C(=O)[C@H]2CCCN(C(N)=O)C2)c1. The van der Waals surface area contributed by atoms with E-state index in [0.717, 1.165) is 30.6 Å². The second kappa shape index (κ2) is 8.74. The average Bonchev–Trinajstić information content (AvgIpc) is 2.60. The first-order valence-corrected chi connectivity index (χ1v) is 8.88. The molecular weight excluding hydrogens is 318 g/mol. The molecule has 0 aromatic heterocycles. The van der Waals surface area contributed by atoms with Gasteiger partial charge in [0, 0.05) is 26.7 Å². The van der Waals surface area contributed by atoms with Gasteiger partial charge in [-0.05, 0) is 50.3 Å². The molecule has 2 rings (SSSR count). The molecule has 0 radical (unpaired) electrons. The van der Waals surface area contributed by atoms with Gasteiger partial charge in [0.25, 0.3) is 0 Å². The van der Waals surface area contributed by atoms with E-state index < -0.39 is 6.03 Å². The van der Waals surface area contributed by atoms with Crippen LogP contribution in [0.4, 0.5) is 4.79 Å². The molecule has 1 atom stereocenters. The lowest BCUT2D eigenvalue weighted by Gasteiger charge is -2.33. The predicted molar refractivity (Wildman–Crippen MR) is 97.5 cm³/mol. The van der Waals surface area contributed by atoms with Gasteiger partial charge in [0.2, 0.25) is 5.91 Å². The van der Waals surface area contributed by atoms with E-state index in [4.69, 9.17) is 10.5 Å². The molecule has 0 aliphatic carbocycles. The van der Waals surface area contributed by atoms with Gasteiger partial charge in [-0.3, -0.25) is 4.79 Å². The zero-order valence-corrected chi connectivity index (χ0v) is 15.5. The largest absolute Gasteiger partial charge is 0.493 e. The van der Waals surface area contributed by atoms with Crippen LogP contribution in [0.3, 0.4) is 0 Å². The Balaban J connectivity index is 1.76. The first kappa shape index (κ1) is 19.1. The lowest BCUT2D eigenvalue weighted by atomic mass is 9.97. The minimum Gasteiger partial charge on any atom is -0.493 e. The highest BCUT2D eigenvalue weighted by molar-refractivity contribution is 5.80. The second-order valence-electron chi connectivity index (χ2n) is 6.85. The third kappa shape index (κ3) is 5.37. The molecule has 1 saturated heterocycles. The van der Waals surface area contributed by atoms with E-state index in [9.17, 15) is 9.59 Å². The molecular formula is C19H29N3O3. The van der Waals surface area contributed by atoms with E-state index >= 15 is 0 Å². The summed E-state index contributed by atoms with van der Waals surface area (Å²) >= 11 is 0. The Morgan fingerprint density at radius 2 is 2.12 bits per heavy atom. The number of primary amides is 1. The molecule has 1 aromatic carbocycles. The van der Waals surface area contributed by atoms with Crippen molar-refractivity contribution in [2.45, 2.75) is 33.1 Å². The van der Waals surface area contributed by atoms with Gasteiger partial charge < -0.3 is 20.3 Å². The summed E-state index contributed by atoms with van der Waals surface area (Å²) in [7, 11) is 1.81. The fraction of sp³-hybridized carbons (Fsp3) is 0.579. The van der Waals surface area contributed by atoms with Gasteiger partial charge in [0.15, 0.2) is 0 Å². The molecule has 1 aliphatic heterocycles. The van der Waals surface area contributed by atoms with Crippen LogP contribution in [0, 0.1) is 19.8 Å². The highest BCUT2D eigenvalue weighted by Crippen LogP contribution is 2.20. The molecule has 0 unspecified atom stereocenters. The number of hydrogen-bond donors (Lipinski definition) is 1. The van der Waals surface area contributed by atoms with Crippen LogP contribution in [-0.4, -0.2) is 55.0 Å². The van der Waals surface area contributed by atoms with Crippen LogP contribution in [0.25, 0.3) is 0 Å². The van der Waals surface area contributed by atoms with Crippen molar-refractivity contribution in [1.29, 1.82) is 0 Å². The number of hydrogen-bond acceptors (Lipinski definition) is 3. The molecule has 1 heterocycles. The molecule has 25 heavy (non-hydrogen) atoms. The van der Waals surface area contributed by atoms with Crippen LogP contribution in [-0.2, 0) is 4.79 Å². The maximum atomic E-state index is 12.5. The summed E-state index contributed by atoms with van der Waals surface area (Å²) in [6.45, 7) is 6.34. The van der Waals surface area contributed by atoms with E-state index in [-0.39, 0.29) is 11.8 Å². The van der Waals surface area contributed by atoms with Gasteiger partial charge >= 0.3 is 6.03 Å². The van der Waals surface area contributed by atoms with Crippen molar-refractivity contribution in [2.24, 2.45) is 11.7 Å². The van der Waals surface area contributed by atoms with Crippen molar-refractivity contribution in [3.05, 3.63) is 29.3 Å². The molecule has 1 aromatic rings. The minimum atomic E-state index is -0.443. The molecule has 0 saturated carbocycles. The van der Waals surface area contributed by atoms with Crippen LogP contribution in [0.15, 0.2) is 18.2 Å². The number of rotatable bonds is 6. The fourth-order valence-corrected chi connectivity index (χ4v) is 3.15. The van der Waals surface area contributed by atoms with Gasteiger partial charge in [0.1, 0.15) is 5.75 Å². The number of nitrogens with zero attached hydrogens (tertiary/aromatic N) is 2. The number of piperidine rings is 1. The molecule has 1 aliphatic rings. The standard InChI is InChI=1S/C19H29N3O3/c1-14-7-8-15(2)17(12-14)25-11-5-9-21(3)18(23)16-6-4-10-22(13-16)19(20)24/h7-8,12,16H,4-6,9-11,13H2,1-3H3,(H2,20,24)/t16-/m0/s1. The number of ether oxygens (including phenoxy) is 1. The van der Waals surface area contributed by atoms with Crippen LogP contribution in [0.1, 0.15) is 30.4 Å². The zero-order chi connectivity index (χ0) is 18.4. The van der Waals surface area contributed by atoms with Crippen molar-refractivity contribution in [2.75, 3.05) is 33.3 Å². The summed E-state index contributed by atoms with van der Waals surface area (Å²) < 4.78 is 5.83. The van der Waals surface area contributed by atoms with Gasteiger partial charge in [-0.25, -0.2) is 4.79 Å². The molecule has 138 valence electrons. The number of carbonyl (C=O) groups is 2. The monoisotopic (exact) mass is 347 g/mol. The Hall–Kier alpha value is -2.24. The first-order chi connectivity index (χ1) is 11.9. The van der Waals surface area contributed by atoms with Crippen LogP contribution < -0.4 is 10.5 Å². The number of urea groups is 1. The summed E-state index contributed by atoms with van der Waals surface area (Å²) in [5.41, 5.74) is 7.61.